The van der Waals surface area contributed by atoms with Gasteiger partial charge in [-0.1, -0.05) is 0 Å². The first-order chi connectivity index (χ1) is 8.60. The van der Waals surface area contributed by atoms with E-state index in [9.17, 15) is 14.9 Å². The van der Waals surface area contributed by atoms with Crippen molar-refractivity contribution in [2.45, 2.75) is 26.3 Å². The number of hydrogen-bond donors (Lipinski definition) is 0. The molecule has 0 aliphatic heterocycles. The molecule has 98 valence electrons. The van der Waals surface area contributed by atoms with Crippen LogP contribution in [0.3, 0.4) is 0 Å². The lowest BCUT2D eigenvalue weighted by molar-refractivity contribution is -0.389. The normalized spacial score (nSPS) is 14.3. The first-order valence-corrected chi connectivity index (χ1v) is 5.66. The molecule has 1 heterocycles. The maximum atomic E-state index is 11.2. The first-order valence-electron chi connectivity index (χ1n) is 5.66. The summed E-state index contributed by atoms with van der Waals surface area (Å²) >= 11 is 0. The van der Waals surface area contributed by atoms with E-state index in [1.165, 1.54) is 10.8 Å². The molecule has 1 aliphatic rings. The third-order valence-electron chi connectivity index (χ3n) is 2.50. The molecule has 0 spiro atoms. The monoisotopic (exact) mass is 255 g/mol. The van der Waals surface area contributed by atoms with Gasteiger partial charge in [-0.15, -0.1) is 0 Å². The van der Waals surface area contributed by atoms with Crippen LogP contribution in [-0.4, -0.2) is 27.2 Å². The molecule has 0 saturated heterocycles. The molecular weight excluding hydrogens is 242 g/mol. The lowest BCUT2D eigenvalue weighted by atomic mass is 10.4. The summed E-state index contributed by atoms with van der Waals surface area (Å²) in [6, 6.07) is -0.0907. The zero-order chi connectivity index (χ0) is 13.1. The number of rotatable bonds is 5. The van der Waals surface area contributed by atoms with E-state index in [2.05, 4.69) is 9.72 Å². The van der Waals surface area contributed by atoms with E-state index in [1.807, 2.05) is 0 Å². The van der Waals surface area contributed by atoms with Gasteiger partial charge in [0, 0.05) is 11.5 Å². The van der Waals surface area contributed by atoms with Crippen molar-refractivity contribution in [1.29, 1.82) is 0 Å². The number of nitrogens with zero attached hydrogens (tertiary/aromatic N) is 3. The fourth-order valence-electron chi connectivity index (χ4n) is 1.49. The van der Waals surface area contributed by atoms with Gasteiger partial charge in [0.2, 0.25) is 0 Å². The molecule has 8 heteroatoms. The standard InChI is InChI=1S/C10H13N3O5/c1-2-17-10(14)18-9-11-8(13(15)16)6-12(9)5-7-3-4-7/h6-7H,2-5H2,1H3. The summed E-state index contributed by atoms with van der Waals surface area (Å²) in [5.74, 6) is 0.137. The third kappa shape index (κ3) is 2.96. The zero-order valence-corrected chi connectivity index (χ0v) is 9.87. The van der Waals surface area contributed by atoms with Crippen LogP contribution in [0.25, 0.3) is 0 Å². The summed E-state index contributed by atoms with van der Waals surface area (Å²) < 4.78 is 10.9. The second kappa shape index (κ2) is 5.03. The average Bonchev–Trinajstić information content (AvgIpc) is 3.01. The summed E-state index contributed by atoms with van der Waals surface area (Å²) in [5, 5.41) is 10.6. The molecule has 18 heavy (non-hydrogen) atoms. The highest BCUT2D eigenvalue weighted by Crippen LogP contribution is 2.32. The average molecular weight is 255 g/mol. The Bertz CT molecular complexity index is 466. The number of carbonyl (C=O) groups is 1. The Morgan fingerprint density at radius 2 is 2.39 bits per heavy atom. The molecule has 0 bridgehead atoms. The zero-order valence-electron chi connectivity index (χ0n) is 9.87. The van der Waals surface area contributed by atoms with Crippen LogP contribution in [0.4, 0.5) is 10.6 Å². The van der Waals surface area contributed by atoms with Gasteiger partial charge in [-0.2, -0.15) is 0 Å². The minimum Gasteiger partial charge on any atom is -0.434 e. The first kappa shape index (κ1) is 12.3. The Balaban J connectivity index is 2.13. The number of carbonyl (C=O) groups excluding carboxylic acids is 1. The largest absolute Gasteiger partial charge is 0.517 e. The van der Waals surface area contributed by atoms with Crippen molar-refractivity contribution in [3.05, 3.63) is 16.3 Å². The van der Waals surface area contributed by atoms with Gasteiger partial charge in [0.05, 0.1) is 6.61 Å². The molecule has 1 aliphatic carbocycles. The minimum atomic E-state index is -0.907. The lowest BCUT2D eigenvalue weighted by Gasteiger charge is -2.02. The van der Waals surface area contributed by atoms with Gasteiger partial charge in [-0.25, -0.2) is 4.79 Å². The molecule has 1 aromatic rings. The quantitative estimate of drug-likeness (QED) is 0.451. The molecule has 0 radical (unpaired) electrons. The Hall–Kier alpha value is -2.12. The van der Waals surface area contributed by atoms with Crippen molar-refractivity contribution in [1.82, 2.24) is 9.55 Å². The summed E-state index contributed by atoms with van der Waals surface area (Å²) in [4.78, 5) is 24.8. The topological polar surface area (TPSA) is 96.5 Å². The fraction of sp³-hybridized carbons (Fsp3) is 0.600. The molecule has 0 atom stereocenters. The van der Waals surface area contributed by atoms with E-state index < -0.39 is 11.1 Å². The van der Waals surface area contributed by atoms with E-state index in [0.717, 1.165) is 12.8 Å². The van der Waals surface area contributed by atoms with Gasteiger partial charge in [0.25, 0.3) is 0 Å². The summed E-state index contributed by atoms with van der Waals surface area (Å²) in [5.41, 5.74) is 0. The molecular formula is C10H13N3O5. The number of nitro groups is 1. The molecule has 1 fully saturated rings. The van der Waals surface area contributed by atoms with Crippen LogP contribution in [0.2, 0.25) is 0 Å². The molecule has 8 nitrogen and oxygen atoms in total. The van der Waals surface area contributed by atoms with Crippen molar-refractivity contribution >= 4 is 12.0 Å². The van der Waals surface area contributed by atoms with Crippen molar-refractivity contribution in [3.8, 4) is 6.01 Å². The Labute approximate surface area is 103 Å². The fourth-order valence-corrected chi connectivity index (χ4v) is 1.49. The maximum Gasteiger partial charge on any atom is 0.517 e. The van der Waals surface area contributed by atoms with E-state index >= 15 is 0 Å². The van der Waals surface area contributed by atoms with Gasteiger partial charge >= 0.3 is 18.0 Å². The third-order valence-corrected chi connectivity index (χ3v) is 2.50. The van der Waals surface area contributed by atoms with E-state index in [-0.39, 0.29) is 18.4 Å². The number of imidazole rings is 1. The highest BCUT2D eigenvalue weighted by Gasteiger charge is 2.28. The highest BCUT2D eigenvalue weighted by atomic mass is 16.7. The van der Waals surface area contributed by atoms with Gasteiger partial charge in [-0.3, -0.25) is 4.57 Å². The van der Waals surface area contributed by atoms with E-state index in [0.29, 0.717) is 12.5 Å². The molecule has 1 aromatic heterocycles. The number of aromatic nitrogens is 2. The van der Waals surface area contributed by atoms with Gasteiger partial charge in [0.15, 0.2) is 0 Å². The van der Waals surface area contributed by atoms with Crippen molar-refractivity contribution in [3.63, 3.8) is 0 Å². The minimum absolute atomic E-state index is 0.0907. The van der Waals surface area contributed by atoms with Gasteiger partial charge in [0.1, 0.15) is 6.20 Å². The lowest BCUT2D eigenvalue weighted by Crippen LogP contribution is -2.14. The molecule has 0 aromatic carbocycles. The van der Waals surface area contributed by atoms with Crippen molar-refractivity contribution < 1.29 is 19.2 Å². The number of ether oxygens (including phenoxy) is 2. The van der Waals surface area contributed by atoms with Crippen molar-refractivity contribution in [2.75, 3.05) is 6.61 Å². The molecule has 0 amide bonds. The summed E-state index contributed by atoms with van der Waals surface area (Å²) in [6.07, 6.45) is 2.51. The van der Waals surface area contributed by atoms with Crippen LogP contribution < -0.4 is 4.74 Å². The van der Waals surface area contributed by atoms with Crippen LogP contribution in [0.5, 0.6) is 6.01 Å². The van der Waals surface area contributed by atoms with Crippen LogP contribution >= 0.6 is 0 Å². The van der Waals surface area contributed by atoms with Gasteiger partial charge in [-0.05, 0) is 30.6 Å². The SMILES string of the molecule is CCOC(=O)Oc1nc([N+](=O)[O-])cn1CC1CC1. The number of hydrogen-bond acceptors (Lipinski definition) is 6. The van der Waals surface area contributed by atoms with E-state index in [4.69, 9.17) is 4.74 Å². The highest BCUT2D eigenvalue weighted by molar-refractivity contribution is 5.62. The molecule has 2 rings (SSSR count). The van der Waals surface area contributed by atoms with Crippen LogP contribution in [-0.2, 0) is 11.3 Å². The second-order valence-electron chi connectivity index (χ2n) is 4.02. The van der Waals surface area contributed by atoms with Gasteiger partial charge < -0.3 is 19.6 Å². The maximum absolute atomic E-state index is 11.2. The summed E-state index contributed by atoms with van der Waals surface area (Å²) in [6.45, 7) is 2.38. The predicted octanol–water partition coefficient (Wildman–Crippen LogP) is 1.74. The smallest absolute Gasteiger partial charge is 0.434 e. The Morgan fingerprint density at radius 3 is 2.94 bits per heavy atom. The van der Waals surface area contributed by atoms with Crippen LogP contribution in [0.15, 0.2) is 6.20 Å². The summed E-state index contributed by atoms with van der Waals surface area (Å²) in [7, 11) is 0. The predicted molar refractivity (Wildman–Crippen MR) is 59.3 cm³/mol. The molecule has 0 N–H and O–H groups in total. The van der Waals surface area contributed by atoms with Crippen LogP contribution in [0, 0.1) is 16.0 Å². The molecule has 1 saturated carbocycles. The Kier molecular flexibility index (Phi) is 3.45. The van der Waals surface area contributed by atoms with Crippen molar-refractivity contribution in [2.24, 2.45) is 5.92 Å². The Morgan fingerprint density at radius 1 is 1.67 bits per heavy atom. The van der Waals surface area contributed by atoms with Crippen LogP contribution in [0.1, 0.15) is 19.8 Å². The molecule has 0 unspecified atom stereocenters. The van der Waals surface area contributed by atoms with E-state index in [1.54, 1.807) is 6.92 Å². The second-order valence-corrected chi connectivity index (χ2v) is 4.02.